The number of carbonyl (C=O) groups excluding carboxylic acids is 1. The number of hydrogen-bond acceptors (Lipinski definition) is 4. The molecule has 3 aliphatic heterocycles. The third kappa shape index (κ3) is 2.90. The monoisotopic (exact) mass is 316 g/mol. The number of likely N-dealkylation sites (N-methyl/N-ethyl adjacent to an activating group) is 1. The molecule has 0 radical (unpaired) electrons. The van der Waals surface area contributed by atoms with Gasteiger partial charge in [-0.3, -0.25) is 4.79 Å². The lowest BCUT2D eigenvalue weighted by Gasteiger charge is -2.36. The van der Waals surface area contributed by atoms with Crippen molar-refractivity contribution in [1.82, 2.24) is 9.80 Å². The lowest BCUT2D eigenvalue weighted by Crippen LogP contribution is -2.48. The van der Waals surface area contributed by atoms with E-state index in [1.807, 2.05) is 18.2 Å². The first-order chi connectivity index (χ1) is 11.2. The molecule has 0 N–H and O–H groups in total. The van der Waals surface area contributed by atoms with Gasteiger partial charge in [-0.15, -0.1) is 0 Å². The smallest absolute Gasteiger partial charge is 0.227 e. The Kier molecular flexibility index (Phi) is 3.89. The summed E-state index contributed by atoms with van der Waals surface area (Å²) in [5, 5.41) is 0. The maximum Gasteiger partial charge on any atom is 0.227 e. The van der Waals surface area contributed by atoms with Gasteiger partial charge in [-0.2, -0.15) is 0 Å². The predicted molar refractivity (Wildman–Crippen MR) is 86.9 cm³/mol. The summed E-state index contributed by atoms with van der Waals surface area (Å²) in [6.45, 7) is 4.25. The third-order valence-corrected chi connectivity index (χ3v) is 5.35. The molecule has 3 heterocycles. The van der Waals surface area contributed by atoms with Crippen molar-refractivity contribution in [1.29, 1.82) is 0 Å². The second-order valence-electron chi connectivity index (χ2n) is 6.91. The van der Waals surface area contributed by atoms with Crippen molar-refractivity contribution < 1.29 is 14.3 Å². The molecule has 3 aliphatic rings. The minimum Gasteiger partial charge on any atom is -0.486 e. The minimum atomic E-state index is 0.240. The molecule has 23 heavy (non-hydrogen) atoms. The van der Waals surface area contributed by atoms with Crippen LogP contribution in [0.25, 0.3) is 0 Å². The second-order valence-corrected chi connectivity index (χ2v) is 6.91. The standard InChI is InChI=1S/C18H24N2O3/c1-19-6-4-14-5-7-20(15(14)12-19)18(21)11-13-2-3-16-17(10-13)23-9-8-22-16/h2-3,10,14-15H,4-9,11-12H2,1H3/t14-,15-/m1/s1. The van der Waals surface area contributed by atoms with Gasteiger partial charge in [0.1, 0.15) is 13.2 Å². The summed E-state index contributed by atoms with van der Waals surface area (Å²) in [5.74, 6) is 2.47. The first-order valence-electron chi connectivity index (χ1n) is 8.57. The highest BCUT2D eigenvalue weighted by Gasteiger charge is 2.39. The molecule has 0 aliphatic carbocycles. The maximum atomic E-state index is 12.8. The van der Waals surface area contributed by atoms with Gasteiger partial charge in [0.15, 0.2) is 11.5 Å². The van der Waals surface area contributed by atoms with Crippen LogP contribution in [0.4, 0.5) is 0 Å². The quantitative estimate of drug-likeness (QED) is 0.830. The number of piperidine rings is 1. The molecular formula is C18H24N2O3. The maximum absolute atomic E-state index is 12.8. The molecule has 1 aromatic carbocycles. The van der Waals surface area contributed by atoms with Crippen molar-refractivity contribution in [3.63, 3.8) is 0 Å². The van der Waals surface area contributed by atoms with E-state index in [2.05, 4.69) is 16.8 Å². The number of amides is 1. The molecule has 2 saturated heterocycles. The zero-order valence-electron chi connectivity index (χ0n) is 13.7. The molecule has 0 aromatic heterocycles. The average molecular weight is 316 g/mol. The van der Waals surface area contributed by atoms with Crippen LogP contribution in [-0.2, 0) is 11.2 Å². The van der Waals surface area contributed by atoms with Crippen LogP contribution in [0.1, 0.15) is 18.4 Å². The Bertz CT molecular complexity index is 604. The molecule has 2 fully saturated rings. The lowest BCUT2D eigenvalue weighted by atomic mass is 9.92. The first-order valence-corrected chi connectivity index (χ1v) is 8.57. The summed E-state index contributed by atoms with van der Waals surface area (Å²) < 4.78 is 11.2. The topological polar surface area (TPSA) is 42.0 Å². The summed E-state index contributed by atoms with van der Waals surface area (Å²) in [7, 11) is 2.15. The largest absolute Gasteiger partial charge is 0.486 e. The highest BCUT2D eigenvalue weighted by Crippen LogP contribution is 2.33. The molecule has 2 atom stereocenters. The van der Waals surface area contributed by atoms with Crippen molar-refractivity contribution in [2.45, 2.75) is 25.3 Å². The normalized spacial score (nSPS) is 26.9. The van der Waals surface area contributed by atoms with E-state index in [4.69, 9.17) is 9.47 Å². The number of carbonyl (C=O) groups is 1. The number of nitrogens with zero attached hydrogens (tertiary/aromatic N) is 2. The van der Waals surface area contributed by atoms with Gasteiger partial charge in [0.25, 0.3) is 0 Å². The van der Waals surface area contributed by atoms with Crippen molar-refractivity contribution in [3.8, 4) is 11.5 Å². The van der Waals surface area contributed by atoms with Gasteiger partial charge in [0.05, 0.1) is 6.42 Å². The number of benzene rings is 1. The Hall–Kier alpha value is -1.75. The summed E-state index contributed by atoms with van der Waals surface area (Å²) in [5.41, 5.74) is 1.01. The number of likely N-dealkylation sites (tertiary alicyclic amines) is 2. The molecule has 5 nitrogen and oxygen atoms in total. The van der Waals surface area contributed by atoms with Crippen molar-refractivity contribution in [2.75, 3.05) is 39.9 Å². The van der Waals surface area contributed by atoms with Gasteiger partial charge in [-0.25, -0.2) is 0 Å². The van der Waals surface area contributed by atoms with Crippen LogP contribution in [0.5, 0.6) is 11.5 Å². The molecule has 0 bridgehead atoms. The zero-order chi connectivity index (χ0) is 15.8. The SMILES string of the molecule is CN1CC[C@@H]2CCN(C(=O)Cc3ccc4c(c3)OCCO4)[C@@H]2C1. The summed E-state index contributed by atoms with van der Waals surface area (Å²) in [6, 6.07) is 6.25. The Morgan fingerprint density at radius 3 is 2.83 bits per heavy atom. The van der Waals surface area contributed by atoms with Gasteiger partial charge in [-0.1, -0.05) is 6.07 Å². The highest BCUT2D eigenvalue weighted by molar-refractivity contribution is 5.79. The van der Waals surface area contributed by atoms with Crippen LogP contribution in [0.2, 0.25) is 0 Å². The van der Waals surface area contributed by atoms with Crippen molar-refractivity contribution >= 4 is 5.91 Å². The van der Waals surface area contributed by atoms with Gasteiger partial charge >= 0.3 is 0 Å². The van der Waals surface area contributed by atoms with Crippen LogP contribution in [0.3, 0.4) is 0 Å². The van der Waals surface area contributed by atoms with Crippen LogP contribution < -0.4 is 9.47 Å². The third-order valence-electron chi connectivity index (χ3n) is 5.35. The van der Waals surface area contributed by atoms with Gasteiger partial charge < -0.3 is 19.3 Å². The fourth-order valence-corrected chi connectivity index (χ4v) is 4.08. The Morgan fingerprint density at radius 1 is 1.17 bits per heavy atom. The molecule has 1 aromatic rings. The molecule has 0 saturated carbocycles. The summed E-state index contributed by atoms with van der Waals surface area (Å²) in [6.07, 6.45) is 2.82. The molecule has 124 valence electrons. The Labute approximate surface area is 137 Å². The van der Waals surface area contributed by atoms with E-state index in [0.29, 0.717) is 31.6 Å². The number of hydrogen-bond donors (Lipinski definition) is 0. The summed E-state index contributed by atoms with van der Waals surface area (Å²) >= 11 is 0. The molecule has 5 heteroatoms. The number of ether oxygens (including phenoxy) is 2. The van der Waals surface area contributed by atoms with Crippen LogP contribution in [0, 0.1) is 5.92 Å². The van der Waals surface area contributed by atoms with Crippen molar-refractivity contribution in [3.05, 3.63) is 23.8 Å². The van der Waals surface area contributed by atoms with Crippen LogP contribution in [0.15, 0.2) is 18.2 Å². The fraction of sp³-hybridized carbons (Fsp3) is 0.611. The van der Waals surface area contributed by atoms with E-state index >= 15 is 0 Å². The van der Waals surface area contributed by atoms with E-state index in [-0.39, 0.29) is 5.91 Å². The Morgan fingerprint density at radius 2 is 1.96 bits per heavy atom. The predicted octanol–water partition coefficient (Wildman–Crippen LogP) is 1.55. The lowest BCUT2D eigenvalue weighted by molar-refractivity contribution is -0.132. The van der Waals surface area contributed by atoms with E-state index in [1.54, 1.807) is 0 Å². The van der Waals surface area contributed by atoms with E-state index < -0.39 is 0 Å². The van der Waals surface area contributed by atoms with Gasteiger partial charge in [-0.05, 0) is 50.0 Å². The molecular weight excluding hydrogens is 292 g/mol. The molecule has 0 spiro atoms. The molecule has 4 rings (SSSR count). The number of fused-ring (bicyclic) bond motifs is 2. The zero-order valence-corrected chi connectivity index (χ0v) is 13.7. The first kappa shape index (κ1) is 14.8. The van der Waals surface area contributed by atoms with E-state index in [9.17, 15) is 4.79 Å². The molecule has 0 unspecified atom stereocenters. The van der Waals surface area contributed by atoms with Crippen LogP contribution >= 0.6 is 0 Å². The van der Waals surface area contributed by atoms with E-state index in [1.165, 1.54) is 6.42 Å². The highest BCUT2D eigenvalue weighted by atomic mass is 16.6. The average Bonchev–Trinajstić information content (AvgIpc) is 2.98. The van der Waals surface area contributed by atoms with Crippen molar-refractivity contribution in [2.24, 2.45) is 5.92 Å². The van der Waals surface area contributed by atoms with Gasteiger partial charge in [0.2, 0.25) is 5.91 Å². The number of rotatable bonds is 2. The molecule has 1 amide bonds. The Balaban J connectivity index is 1.45. The van der Waals surface area contributed by atoms with Gasteiger partial charge in [0, 0.05) is 19.1 Å². The minimum absolute atomic E-state index is 0.240. The fourth-order valence-electron chi connectivity index (χ4n) is 4.08. The second kappa shape index (κ2) is 6.04. The van der Waals surface area contributed by atoms with Crippen LogP contribution in [-0.4, -0.2) is 61.6 Å². The van der Waals surface area contributed by atoms with E-state index in [0.717, 1.165) is 43.1 Å². The summed E-state index contributed by atoms with van der Waals surface area (Å²) in [4.78, 5) is 17.2.